The van der Waals surface area contributed by atoms with E-state index >= 15 is 0 Å². The number of ether oxygens (including phenoxy) is 1. The van der Waals surface area contributed by atoms with Crippen molar-refractivity contribution >= 4 is 27.8 Å². The number of alkyl halides is 1. The van der Waals surface area contributed by atoms with Crippen LogP contribution in [0, 0.1) is 23.2 Å². The zero-order chi connectivity index (χ0) is 16.0. The number of amides is 1. The van der Waals surface area contributed by atoms with Gasteiger partial charge in [0, 0.05) is 10.9 Å². The van der Waals surface area contributed by atoms with Crippen molar-refractivity contribution in [2.75, 3.05) is 13.2 Å². The molecule has 0 aromatic carbocycles. The van der Waals surface area contributed by atoms with Gasteiger partial charge in [-0.1, -0.05) is 29.8 Å². The third-order valence-electron chi connectivity index (χ3n) is 5.46. The van der Waals surface area contributed by atoms with Crippen LogP contribution >= 0.6 is 15.9 Å². The normalized spacial score (nSPS) is 39.1. The van der Waals surface area contributed by atoms with Crippen LogP contribution in [0.15, 0.2) is 0 Å². The van der Waals surface area contributed by atoms with Crippen molar-refractivity contribution < 1.29 is 14.3 Å². The van der Waals surface area contributed by atoms with Gasteiger partial charge in [-0.3, -0.25) is 9.59 Å². The molecule has 0 spiro atoms. The van der Waals surface area contributed by atoms with Gasteiger partial charge in [0.15, 0.2) is 6.61 Å². The topological polar surface area (TPSA) is 55.4 Å². The Morgan fingerprint density at radius 3 is 2.41 bits per heavy atom. The standard InChI is InChI=1S/C17H26BrNO3/c1-11(2)8-19-14(20)9-22-15(21)16-4-12-3-13(5-16)7-17(18,6-12)10-16/h11-13H,3-10H2,1-2H3,(H,19,20)/t12-,13-,16?,17?/m0/s1. The van der Waals surface area contributed by atoms with E-state index in [4.69, 9.17) is 4.74 Å². The minimum Gasteiger partial charge on any atom is -0.455 e. The van der Waals surface area contributed by atoms with Crippen molar-refractivity contribution in [3.63, 3.8) is 0 Å². The Hall–Kier alpha value is -0.580. The molecule has 0 aromatic rings. The fourth-order valence-corrected chi connectivity index (χ4v) is 6.50. The van der Waals surface area contributed by atoms with Gasteiger partial charge < -0.3 is 10.1 Å². The maximum Gasteiger partial charge on any atom is 0.312 e. The molecule has 0 unspecified atom stereocenters. The monoisotopic (exact) mass is 371 g/mol. The van der Waals surface area contributed by atoms with Gasteiger partial charge in [-0.2, -0.15) is 0 Å². The van der Waals surface area contributed by atoms with Crippen LogP contribution in [0.4, 0.5) is 0 Å². The van der Waals surface area contributed by atoms with Gasteiger partial charge in [0.1, 0.15) is 0 Å². The van der Waals surface area contributed by atoms with Crippen LogP contribution in [-0.4, -0.2) is 29.4 Å². The molecule has 0 aliphatic heterocycles. The van der Waals surface area contributed by atoms with Gasteiger partial charge in [-0.15, -0.1) is 0 Å². The molecular formula is C17H26BrNO3. The Morgan fingerprint density at radius 2 is 1.86 bits per heavy atom. The lowest BCUT2D eigenvalue weighted by atomic mass is 9.49. The Kier molecular flexibility index (Phi) is 4.30. The van der Waals surface area contributed by atoms with E-state index in [1.807, 2.05) is 13.8 Å². The van der Waals surface area contributed by atoms with E-state index in [1.165, 1.54) is 19.3 Å². The van der Waals surface area contributed by atoms with Crippen LogP contribution in [0.1, 0.15) is 52.4 Å². The fraction of sp³-hybridized carbons (Fsp3) is 0.882. The summed E-state index contributed by atoms with van der Waals surface area (Å²) in [4.78, 5) is 24.4. The van der Waals surface area contributed by atoms with E-state index in [9.17, 15) is 9.59 Å². The maximum absolute atomic E-state index is 12.7. The molecule has 1 N–H and O–H groups in total. The zero-order valence-corrected chi connectivity index (χ0v) is 15.1. The first kappa shape index (κ1) is 16.3. The van der Waals surface area contributed by atoms with Gasteiger partial charge in [0.05, 0.1) is 5.41 Å². The number of hydrogen-bond donors (Lipinski definition) is 1. The summed E-state index contributed by atoms with van der Waals surface area (Å²) in [5, 5.41) is 2.79. The van der Waals surface area contributed by atoms with E-state index in [2.05, 4.69) is 21.2 Å². The lowest BCUT2D eigenvalue weighted by Gasteiger charge is -2.58. The van der Waals surface area contributed by atoms with Gasteiger partial charge >= 0.3 is 5.97 Å². The van der Waals surface area contributed by atoms with Crippen LogP contribution in [-0.2, 0) is 14.3 Å². The predicted octanol–water partition coefficient (Wildman–Crippen LogP) is 3.04. The molecule has 4 rings (SSSR count). The average Bonchev–Trinajstić information content (AvgIpc) is 2.39. The molecule has 0 aromatic heterocycles. The summed E-state index contributed by atoms with van der Waals surface area (Å²) in [6.45, 7) is 4.56. The Balaban J connectivity index is 1.57. The fourth-order valence-electron chi connectivity index (χ4n) is 5.04. The number of rotatable bonds is 5. The number of hydrogen-bond acceptors (Lipinski definition) is 3. The molecule has 0 radical (unpaired) electrons. The second-order valence-corrected chi connectivity index (χ2v) is 9.85. The maximum atomic E-state index is 12.7. The van der Waals surface area contributed by atoms with Crippen molar-refractivity contribution in [2.24, 2.45) is 23.2 Å². The number of esters is 1. The number of carbonyl (C=O) groups excluding carboxylic acids is 2. The molecule has 4 aliphatic carbocycles. The summed E-state index contributed by atoms with van der Waals surface area (Å²) in [5.41, 5.74) is -0.341. The molecule has 0 saturated heterocycles. The molecule has 1 amide bonds. The van der Waals surface area contributed by atoms with Crippen molar-refractivity contribution in [2.45, 2.75) is 56.7 Å². The number of carbonyl (C=O) groups is 2. The molecule has 4 aliphatic rings. The zero-order valence-electron chi connectivity index (χ0n) is 13.5. The summed E-state index contributed by atoms with van der Waals surface area (Å²) in [6.07, 6.45) is 6.41. The highest BCUT2D eigenvalue weighted by Gasteiger charge is 2.60. The molecule has 4 bridgehead atoms. The second kappa shape index (κ2) is 5.81. The van der Waals surface area contributed by atoms with E-state index in [-0.39, 0.29) is 28.2 Å². The quantitative estimate of drug-likeness (QED) is 0.596. The first-order chi connectivity index (χ1) is 10.3. The molecule has 22 heavy (non-hydrogen) atoms. The van der Waals surface area contributed by atoms with Crippen LogP contribution in [0.5, 0.6) is 0 Å². The molecule has 124 valence electrons. The first-order valence-electron chi connectivity index (χ1n) is 8.43. The Morgan fingerprint density at radius 1 is 1.23 bits per heavy atom. The van der Waals surface area contributed by atoms with Gasteiger partial charge in [-0.25, -0.2) is 0 Å². The Bertz CT molecular complexity index is 463. The lowest BCUT2D eigenvalue weighted by Crippen LogP contribution is -2.56. The summed E-state index contributed by atoms with van der Waals surface area (Å²) < 4.78 is 5.53. The van der Waals surface area contributed by atoms with Gasteiger partial charge in [0.2, 0.25) is 0 Å². The summed E-state index contributed by atoms with van der Waals surface area (Å²) in [7, 11) is 0. The van der Waals surface area contributed by atoms with Gasteiger partial charge in [-0.05, 0) is 56.3 Å². The lowest BCUT2D eigenvalue weighted by molar-refractivity contribution is -0.171. The molecule has 0 heterocycles. The minimum absolute atomic E-state index is 0.135. The second-order valence-electron chi connectivity index (χ2n) is 8.17. The first-order valence-corrected chi connectivity index (χ1v) is 9.22. The van der Waals surface area contributed by atoms with Crippen LogP contribution in [0.25, 0.3) is 0 Å². The van der Waals surface area contributed by atoms with Gasteiger partial charge in [0.25, 0.3) is 5.91 Å². The highest BCUT2D eigenvalue weighted by Crippen LogP contribution is 2.64. The highest BCUT2D eigenvalue weighted by atomic mass is 79.9. The van der Waals surface area contributed by atoms with Crippen molar-refractivity contribution in [3.05, 3.63) is 0 Å². The summed E-state index contributed by atoms with van der Waals surface area (Å²) >= 11 is 3.89. The van der Waals surface area contributed by atoms with E-state index in [1.54, 1.807) is 0 Å². The molecule has 4 nitrogen and oxygen atoms in total. The third kappa shape index (κ3) is 3.19. The molecule has 5 heteroatoms. The average molecular weight is 372 g/mol. The molecular weight excluding hydrogens is 346 g/mol. The molecule has 4 saturated carbocycles. The minimum atomic E-state index is -0.341. The third-order valence-corrected chi connectivity index (χ3v) is 6.39. The molecule has 4 fully saturated rings. The van der Waals surface area contributed by atoms with Crippen LogP contribution in [0.2, 0.25) is 0 Å². The SMILES string of the molecule is CC(C)CNC(=O)COC(=O)C12C[C@@H]3C[C@H](CC(Br)(C3)C1)C2. The Labute approximate surface area is 140 Å². The van der Waals surface area contributed by atoms with Crippen molar-refractivity contribution in [3.8, 4) is 0 Å². The van der Waals surface area contributed by atoms with E-state index < -0.39 is 0 Å². The number of nitrogens with one attached hydrogen (secondary N) is 1. The van der Waals surface area contributed by atoms with E-state index in [0.717, 1.165) is 19.3 Å². The van der Waals surface area contributed by atoms with Crippen LogP contribution < -0.4 is 5.32 Å². The number of halogens is 1. The van der Waals surface area contributed by atoms with Crippen LogP contribution in [0.3, 0.4) is 0 Å². The smallest absolute Gasteiger partial charge is 0.312 e. The highest BCUT2D eigenvalue weighted by molar-refractivity contribution is 9.10. The summed E-state index contributed by atoms with van der Waals surface area (Å²) in [5.74, 6) is 1.34. The van der Waals surface area contributed by atoms with E-state index in [0.29, 0.717) is 24.3 Å². The van der Waals surface area contributed by atoms with Crippen molar-refractivity contribution in [1.29, 1.82) is 0 Å². The predicted molar refractivity (Wildman–Crippen MR) is 87.6 cm³/mol. The molecule has 2 atom stereocenters. The van der Waals surface area contributed by atoms with Crippen molar-refractivity contribution in [1.82, 2.24) is 5.32 Å². The largest absolute Gasteiger partial charge is 0.455 e. The summed E-state index contributed by atoms with van der Waals surface area (Å²) in [6, 6.07) is 0.